The summed E-state index contributed by atoms with van der Waals surface area (Å²) >= 11 is 0. The van der Waals surface area contributed by atoms with Gasteiger partial charge in [0, 0.05) is 37.1 Å². The van der Waals surface area contributed by atoms with E-state index in [4.69, 9.17) is 4.98 Å². The maximum atomic E-state index is 11.7. The van der Waals surface area contributed by atoms with Crippen LogP contribution in [-0.2, 0) is 9.84 Å². The molecule has 1 aromatic carbocycles. The zero-order chi connectivity index (χ0) is 21.5. The third kappa shape index (κ3) is 4.37. The largest absolute Gasteiger partial charge is 0.357 e. The van der Waals surface area contributed by atoms with Crippen molar-refractivity contribution in [3.8, 4) is 11.1 Å². The Morgan fingerprint density at radius 2 is 1.48 bits per heavy atom. The number of aromatic nitrogens is 1. The molecule has 0 amide bonds. The Morgan fingerprint density at radius 1 is 0.871 bits per heavy atom. The van der Waals surface area contributed by atoms with Gasteiger partial charge >= 0.3 is 0 Å². The zero-order valence-electron chi connectivity index (χ0n) is 18.5. The van der Waals surface area contributed by atoms with Crippen molar-refractivity contribution in [2.24, 2.45) is 5.41 Å². The number of hydrogen-bond donors (Lipinski definition) is 0. The number of hydrogen-bond acceptors (Lipinski definition) is 5. The maximum Gasteiger partial charge on any atom is 0.175 e. The van der Waals surface area contributed by atoms with Gasteiger partial charge in [-0.15, -0.1) is 0 Å². The van der Waals surface area contributed by atoms with E-state index >= 15 is 0 Å². The Hall–Kier alpha value is -1.92. The molecular formula is C25H33N3O2S. The minimum absolute atomic E-state index is 0.349. The minimum Gasteiger partial charge on any atom is -0.357 e. The summed E-state index contributed by atoms with van der Waals surface area (Å²) in [4.78, 5) is 10.3. The molecule has 1 spiro atoms. The van der Waals surface area contributed by atoms with Crippen LogP contribution >= 0.6 is 0 Å². The Balaban J connectivity index is 1.19. The van der Waals surface area contributed by atoms with Gasteiger partial charge in [0.25, 0.3) is 0 Å². The zero-order valence-corrected chi connectivity index (χ0v) is 19.3. The molecule has 6 heteroatoms. The summed E-state index contributed by atoms with van der Waals surface area (Å²) in [5.41, 5.74) is 2.56. The molecule has 0 N–H and O–H groups in total. The molecule has 2 saturated heterocycles. The third-order valence-electron chi connectivity index (χ3n) is 7.96. The molecule has 1 aromatic heterocycles. The number of sulfone groups is 1. The van der Waals surface area contributed by atoms with Crippen LogP contribution in [0.3, 0.4) is 0 Å². The molecule has 31 heavy (non-hydrogen) atoms. The molecule has 3 heterocycles. The standard InChI is InChI=1S/C25H33N3O2S/c1-31(29,30)23-8-5-20(6-9-23)21-7-10-24(26-19-21)28-17-13-25(14-18-28)11-15-27(16-12-25)22-3-2-4-22/h5-10,19,22H,2-4,11-18H2,1H3. The Morgan fingerprint density at radius 3 is 2.00 bits per heavy atom. The lowest BCUT2D eigenvalue weighted by atomic mass is 9.70. The van der Waals surface area contributed by atoms with Crippen LogP contribution in [0.1, 0.15) is 44.9 Å². The smallest absolute Gasteiger partial charge is 0.175 e. The predicted octanol–water partition coefficient (Wildman–Crippen LogP) is 4.39. The van der Waals surface area contributed by atoms with Crippen LogP contribution in [0.15, 0.2) is 47.5 Å². The molecule has 3 fully saturated rings. The van der Waals surface area contributed by atoms with Crippen molar-refractivity contribution in [3.63, 3.8) is 0 Å². The van der Waals surface area contributed by atoms with Gasteiger partial charge in [-0.2, -0.15) is 0 Å². The van der Waals surface area contributed by atoms with E-state index in [1.807, 2.05) is 18.3 Å². The second kappa shape index (κ2) is 8.21. The summed E-state index contributed by atoms with van der Waals surface area (Å²) < 4.78 is 23.3. The van der Waals surface area contributed by atoms with E-state index < -0.39 is 9.84 Å². The van der Waals surface area contributed by atoms with Crippen LogP contribution in [0, 0.1) is 5.41 Å². The van der Waals surface area contributed by atoms with Gasteiger partial charge in [0.15, 0.2) is 9.84 Å². The highest BCUT2D eigenvalue weighted by Crippen LogP contribution is 2.43. The molecule has 5 rings (SSSR count). The molecule has 1 saturated carbocycles. The number of piperidine rings is 2. The highest BCUT2D eigenvalue weighted by molar-refractivity contribution is 7.90. The van der Waals surface area contributed by atoms with Crippen LogP contribution in [-0.4, -0.2) is 56.8 Å². The molecule has 2 aromatic rings. The van der Waals surface area contributed by atoms with Crippen LogP contribution in [0.5, 0.6) is 0 Å². The molecule has 1 aliphatic carbocycles. The van der Waals surface area contributed by atoms with Crippen LogP contribution in [0.2, 0.25) is 0 Å². The molecule has 0 radical (unpaired) electrons. The second-order valence-corrected chi connectivity index (χ2v) is 11.8. The predicted molar refractivity (Wildman–Crippen MR) is 125 cm³/mol. The number of likely N-dealkylation sites (tertiary alicyclic amines) is 1. The van der Waals surface area contributed by atoms with Gasteiger partial charge in [0.2, 0.25) is 0 Å². The highest BCUT2D eigenvalue weighted by atomic mass is 32.2. The number of anilines is 1. The fourth-order valence-electron chi connectivity index (χ4n) is 5.46. The van der Waals surface area contributed by atoms with E-state index in [1.54, 1.807) is 12.1 Å². The van der Waals surface area contributed by atoms with E-state index in [9.17, 15) is 8.42 Å². The first-order valence-corrected chi connectivity index (χ1v) is 13.6. The van der Waals surface area contributed by atoms with Crippen LogP contribution in [0.4, 0.5) is 5.82 Å². The summed E-state index contributed by atoms with van der Waals surface area (Å²) in [5.74, 6) is 1.05. The lowest BCUT2D eigenvalue weighted by Crippen LogP contribution is -2.51. The number of rotatable bonds is 4. The van der Waals surface area contributed by atoms with Crippen molar-refractivity contribution in [2.45, 2.75) is 55.9 Å². The third-order valence-corrected chi connectivity index (χ3v) is 9.09. The fraction of sp³-hybridized carbons (Fsp3) is 0.560. The molecule has 2 aliphatic heterocycles. The lowest BCUT2D eigenvalue weighted by molar-refractivity contribution is 0.0305. The van der Waals surface area contributed by atoms with Gasteiger partial charge in [0.1, 0.15) is 5.82 Å². The van der Waals surface area contributed by atoms with Crippen LogP contribution < -0.4 is 4.90 Å². The fourth-order valence-corrected chi connectivity index (χ4v) is 6.09. The molecule has 0 bridgehead atoms. The average Bonchev–Trinajstić information content (AvgIpc) is 2.75. The van der Waals surface area contributed by atoms with Gasteiger partial charge in [-0.05, 0) is 86.9 Å². The second-order valence-electron chi connectivity index (χ2n) is 9.81. The summed E-state index contributed by atoms with van der Waals surface area (Å²) in [7, 11) is -3.17. The van der Waals surface area contributed by atoms with Crippen molar-refractivity contribution < 1.29 is 8.42 Å². The highest BCUT2D eigenvalue weighted by Gasteiger charge is 2.39. The Bertz CT molecular complexity index is 996. The molecule has 3 aliphatic rings. The Labute approximate surface area is 186 Å². The number of pyridine rings is 1. The van der Waals surface area contributed by atoms with E-state index in [-0.39, 0.29) is 0 Å². The maximum absolute atomic E-state index is 11.7. The monoisotopic (exact) mass is 439 g/mol. The first kappa shape index (κ1) is 21.0. The molecular weight excluding hydrogens is 406 g/mol. The summed E-state index contributed by atoms with van der Waals surface area (Å²) in [6.07, 6.45) is 12.7. The SMILES string of the molecule is CS(=O)(=O)c1ccc(-c2ccc(N3CCC4(CC3)CCN(C3CCC3)CC4)nc2)cc1. The molecule has 0 atom stereocenters. The van der Waals surface area contributed by atoms with Gasteiger partial charge in [0.05, 0.1) is 4.90 Å². The van der Waals surface area contributed by atoms with E-state index in [2.05, 4.69) is 21.9 Å². The lowest BCUT2D eigenvalue weighted by Gasteiger charge is -2.50. The van der Waals surface area contributed by atoms with Crippen LogP contribution in [0.25, 0.3) is 11.1 Å². The van der Waals surface area contributed by atoms with Crippen molar-refractivity contribution >= 4 is 15.7 Å². The van der Waals surface area contributed by atoms with Gasteiger partial charge in [-0.25, -0.2) is 13.4 Å². The first-order chi connectivity index (χ1) is 14.9. The van der Waals surface area contributed by atoms with E-state index in [0.29, 0.717) is 10.3 Å². The van der Waals surface area contributed by atoms with Crippen molar-refractivity contribution in [2.75, 3.05) is 37.3 Å². The molecule has 5 nitrogen and oxygen atoms in total. The van der Waals surface area contributed by atoms with Crippen molar-refractivity contribution in [1.29, 1.82) is 0 Å². The normalized spacial score (nSPS) is 22.4. The summed E-state index contributed by atoms with van der Waals surface area (Å²) in [6, 6.07) is 12.1. The van der Waals surface area contributed by atoms with E-state index in [1.165, 1.54) is 64.3 Å². The van der Waals surface area contributed by atoms with Gasteiger partial charge in [-0.1, -0.05) is 18.6 Å². The number of benzene rings is 1. The summed E-state index contributed by atoms with van der Waals surface area (Å²) in [6.45, 7) is 4.79. The van der Waals surface area contributed by atoms with Gasteiger partial charge < -0.3 is 9.80 Å². The van der Waals surface area contributed by atoms with Gasteiger partial charge in [-0.3, -0.25) is 0 Å². The molecule has 0 unspecified atom stereocenters. The topological polar surface area (TPSA) is 53.5 Å². The summed E-state index contributed by atoms with van der Waals surface area (Å²) in [5, 5.41) is 0. The van der Waals surface area contributed by atoms with Crippen molar-refractivity contribution in [3.05, 3.63) is 42.6 Å². The average molecular weight is 440 g/mol. The Kier molecular flexibility index (Phi) is 5.55. The van der Waals surface area contributed by atoms with E-state index in [0.717, 1.165) is 36.1 Å². The number of nitrogens with zero attached hydrogens (tertiary/aromatic N) is 3. The van der Waals surface area contributed by atoms with Crippen molar-refractivity contribution in [1.82, 2.24) is 9.88 Å². The quantitative estimate of drug-likeness (QED) is 0.707. The molecule has 166 valence electrons. The minimum atomic E-state index is -3.17. The first-order valence-electron chi connectivity index (χ1n) is 11.7.